The van der Waals surface area contributed by atoms with E-state index in [-0.39, 0.29) is 12.5 Å². The van der Waals surface area contributed by atoms with Crippen molar-refractivity contribution in [3.05, 3.63) is 18.2 Å². The van der Waals surface area contributed by atoms with Crippen LogP contribution in [0.25, 0.3) is 0 Å². The van der Waals surface area contributed by atoms with Crippen LogP contribution >= 0.6 is 0 Å². The number of hydrogen-bond donors (Lipinski definition) is 2. The van der Waals surface area contributed by atoms with Crippen molar-refractivity contribution in [2.75, 3.05) is 44.0 Å². The van der Waals surface area contributed by atoms with E-state index >= 15 is 0 Å². The predicted octanol–water partition coefficient (Wildman–Crippen LogP) is 0.673. The summed E-state index contributed by atoms with van der Waals surface area (Å²) in [4.78, 5) is 13.3. The fourth-order valence-corrected chi connectivity index (χ4v) is 1.72. The fraction of sp³-hybridized carbons (Fsp3) is 0.417. The molecule has 0 aliphatic carbocycles. The average Bonchev–Trinajstić information content (AvgIpc) is 2.35. The number of hydrogen-bond acceptors (Lipinski definition) is 4. The molecule has 0 aromatic heterocycles. The Morgan fingerprint density at radius 3 is 3.12 bits per heavy atom. The lowest BCUT2D eigenvalue weighted by Gasteiger charge is -2.23. The number of nitrogens with one attached hydrogen (secondary N) is 2. The van der Waals surface area contributed by atoms with Crippen molar-refractivity contribution in [1.82, 2.24) is 5.32 Å². The zero-order valence-electron chi connectivity index (χ0n) is 10.1. The van der Waals surface area contributed by atoms with E-state index in [0.717, 1.165) is 30.2 Å². The van der Waals surface area contributed by atoms with Crippen molar-refractivity contribution in [2.24, 2.45) is 0 Å². The molecule has 1 aliphatic heterocycles. The van der Waals surface area contributed by atoms with Crippen molar-refractivity contribution in [2.45, 2.75) is 0 Å². The molecule has 0 spiro atoms. The first-order chi connectivity index (χ1) is 8.20. The molecule has 92 valence electrons. The first-order valence-corrected chi connectivity index (χ1v) is 5.63. The molecular formula is C12H17N3O2. The Bertz CT molecular complexity index is 420. The van der Waals surface area contributed by atoms with Crippen LogP contribution in [-0.4, -0.2) is 39.7 Å². The van der Waals surface area contributed by atoms with Gasteiger partial charge in [0.1, 0.15) is 5.75 Å². The highest BCUT2D eigenvalue weighted by atomic mass is 16.5. The van der Waals surface area contributed by atoms with E-state index in [2.05, 4.69) is 15.5 Å². The second-order valence-electron chi connectivity index (χ2n) is 4.04. The van der Waals surface area contributed by atoms with Gasteiger partial charge in [-0.05, 0) is 25.2 Å². The Labute approximate surface area is 101 Å². The summed E-state index contributed by atoms with van der Waals surface area (Å²) >= 11 is 0. The Balaban J connectivity index is 2.14. The van der Waals surface area contributed by atoms with Crippen molar-refractivity contribution in [3.63, 3.8) is 0 Å². The van der Waals surface area contributed by atoms with Crippen molar-refractivity contribution in [1.29, 1.82) is 0 Å². The zero-order chi connectivity index (χ0) is 12.3. The van der Waals surface area contributed by atoms with Gasteiger partial charge in [-0.15, -0.1) is 0 Å². The van der Waals surface area contributed by atoms with Crippen molar-refractivity contribution in [3.8, 4) is 5.75 Å². The second kappa shape index (κ2) is 5.05. The van der Waals surface area contributed by atoms with Gasteiger partial charge in [0, 0.05) is 25.8 Å². The van der Waals surface area contributed by atoms with E-state index in [9.17, 15) is 4.79 Å². The Morgan fingerprint density at radius 1 is 1.53 bits per heavy atom. The predicted molar refractivity (Wildman–Crippen MR) is 67.8 cm³/mol. The Kier molecular flexibility index (Phi) is 3.49. The van der Waals surface area contributed by atoms with Gasteiger partial charge < -0.3 is 20.3 Å². The number of amides is 1. The number of carbonyl (C=O) groups excluding carboxylic acids is 1. The molecule has 2 N–H and O–H groups in total. The maximum absolute atomic E-state index is 11.2. The lowest BCUT2D eigenvalue weighted by Crippen LogP contribution is -2.28. The molecule has 0 atom stereocenters. The molecule has 1 heterocycles. The van der Waals surface area contributed by atoms with Crippen LogP contribution in [0.15, 0.2) is 18.2 Å². The number of carbonyl (C=O) groups is 1. The number of benzene rings is 1. The molecule has 5 nitrogen and oxygen atoms in total. The van der Waals surface area contributed by atoms with Crippen LogP contribution in [0.5, 0.6) is 5.75 Å². The van der Waals surface area contributed by atoms with E-state index in [1.54, 1.807) is 0 Å². The topological polar surface area (TPSA) is 53.6 Å². The molecule has 1 aromatic carbocycles. The maximum Gasteiger partial charge on any atom is 0.262 e. The molecule has 0 saturated heterocycles. The molecular weight excluding hydrogens is 218 g/mol. The molecule has 1 amide bonds. The fourth-order valence-electron chi connectivity index (χ4n) is 1.72. The molecule has 0 unspecified atom stereocenters. The smallest absolute Gasteiger partial charge is 0.262 e. The zero-order valence-corrected chi connectivity index (χ0v) is 10.1. The minimum absolute atomic E-state index is 0.0991. The van der Waals surface area contributed by atoms with Gasteiger partial charge in [-0.2, -0.15) is 0 Å². The normalized spacial score (nSPS) is 13.6. The van der Waals surface area contributed by atoms with Gasteiger partial charge in [0.05, 0.1) is 5.69 Å². The minimum atomic E-state index is -0.104. The number of likely N-dealkylation sites (N-methyl/N-ethyl adjacent to an activating group) is 2. The van der Waals surface area contributed by atoms with Crippen LogP contribution in [0.4, 0.5) is 11.4 Å². The van der Waals surface area contributed by atoms with Gasteiger partial charge >= 0.3 is 0 Å². The lowest BCUT2D eigenvalue weighted by molar-refractivity contribution is -0.118. The quantitative estimate of drug-likeness (QED) is 0.805. The molecule has 1 aliphatic rings. The third-order valence-corrected chi connectivity index (χ3v) is 2.73. The third-order valence-electron chi connectivity index (χ3n) is 2.73. The molecule has 5 heteroatoms. The van der Waals surface area contributed by atoms with Gasteiger partial charge in [-0.1, -0.05) is 0 Å². The summed E-state index contributed by atoms with van der Waals surface area (Å²) in [7, 11) is 3.94. The SMILES string of the molecule is CNCCN(C)c1ccc2c(c1)NC(=O)CO2. The minimum Gasteiger partial charge on any atom is -0.482 e. The molecule has 0 saturated carbocycles. The molecule has 0 fully saturated rings. The Morgan fingerprint density at radius 2 is 2.35 bits per heavy atom. The number of rotatable bonds is 4. The third kappa shape index (κ3) is 2.68. The standard InChI is InChI=1S/C12H17N3O2/c1-13-5-6-15(2)9-3-4-11-10(7-9)14-12(16)8-17-11/h3-4,7,13H,5-6,8H2,1-2H3,(H,14,16). The number of fused-ring (bicyclic) bond motifs is 1. The molecule has 17 heavy (non-hydrogen) atoms. The number of anilines is 2. The number of ether oxygens (including phenoxy) is 1. The summed E-state index contributed by atoms with van der Waals surface area (Å²) in [6.45, 7) is 1.92. The highest BCUT2D eigenvalue weighted by molar-refractivity contribution is 5.96. The van der Waals surface area contributed by atoms with Gasteiger partial charge in [-0.3, -0.25) is 4.79 Å². The maximum atomic E-state index is 11.2. The molecule has 0 radical (unpaired) electrons. The van der Waals surface area contributed by atoms with Crippen LogP contribution in [0.3, 0.4) is 0 Å². The highest BCUT2D eigenvalue weighted by Crippen LogP contribution is 2.31. The molecule has 0 bridgehead atoms. The molecule has 1 aromatic rings. The largest absolute Gasteiger partial charge is 0.482 e. The summed E-state index contributed by atoms with van der Waals surface area (Å²) in [5.74, 6) is 0.628. The first kappa shape index (κ1) is 11.7. The average molecular weight is 235 g/mol. The highest BCUT2D eigenvalue weighted by Gasteiger charge is 2.16. The Hall–Kier alpha value is -1.75. The summed E-state index contributed by atoms with van der Waals surface area (Å²) < 4.78 is 5.31. The lowest BCUT2D eigenvalue weighted by atomic mass is 10.2. The van der Waals surface area contributed by atoms with E-state index in [1.165, 1.54) is 0 Å². The van der Waals surface area contributed by atoms with Crippen LogP contribution < -0.4 is 20.3 Å². The van der Waals surface area contributed by atoms with Crippen LogP contribution in [0.1, 0.15) is 0 Å². The summed E-state index contributed by atoms with van der Waals surface area (Å²) in [6, 6.07) is 5.81. The van der Waals surface area contributed by atoms with Gasteiger partial charge in [0.2, 0.25) is 0 Å². The number of nitrogens with zero attached hydrogens (tertiary/aromatic N) is 1. The van der Waals surface area contributed by atoms with E-state index in [4.69, 9.17) is 4.74 Å². The van der Waals surface area contributed by atoms with E-state index in [0.29, 0.717) is 0 Å². The van der Waals surface area contributed by atoms with Crippen molar-refractivity contribution < 1.29 is 9.53 Å². The summed E-state index contributed by atoms with van der Waals surface area (Å²) in [6.07, 6.45) is 0. The van der Waals surface area contributed by atoms with Crippen LogP contribution in [-0.2, 0) is 4.79 Å². The van der Waals surface area contributed by atoms with Gasteiger partial charge in [0.25, 0.3) is 5.91 Å². The first-order valence-electron chi connectivity index (χ1n) is 5.63. The van der Waals surface area contributed by atoms with Crippen LogP contribution in [0, 0.1) is 0 Å². The summed E-state index contributed by atoms with van der Waals surface area (Å²) in [5.41, 5.74) is 1.81. The second-order valence-corrected chi connectivity index (χ2v) is 4.04. The van der Waals surface area contributed by atoms with E-state index in [1.807, 2.05) is 32.3 Å². The van der Waals surface area contributed by atoms with Crippen molar-refractivity contribution >= 4 is 17.3 Å². The van der Waals surface area contributed by atoms with Crippen LogP contribution in [0.2, 0.25) is 0 Å². The summed E-state index contributed by atoms with van der Waals surface area (Å²) in [5, 5.41) is 5.91. The van der Waals surface area contributed by atoms with E-state index < -0.39 is 0 Å². The molecule has 2 rings (SSSR count). The van der Waals surface area contributed by atoms with Gasteiger partial charge in [-0.25, -0.2) is 0 Å². The monoisotopic (exact) mass is 235 g/mol. The van der Waals surface area contributed by atoms with Gasteiger partial charge in [0.15, 0.2) is 6.61 Å².